The van der Waals surface area contributed by atoms with Gasteiger partial charge in [-0.1, -0.05) is 31.5 Å². The van der Waals surface area contributed by atoms with Crippen LogP contribution in [-0.4, -0.2) is 41.8 Å². The zero-order valence-corrected chi connectivity index (χ0v) is 18.0. The minimum absolute atomic E-state index is 0.0125. The Morgan fingerprint density at radius 3 is 2.48 bits per heavy atom. The first-order valence-corrected chi connectivity index (χ1v) is 10.8. The molecule has 0 radical (unpaired) electrons. The van der Waals surface area contributed by atoms with Gasteiger partial charge in [-0.15, -0.1) is 11.3 Å². The predicted molar refractivity (Wildman–Crippen MR) is 116 cm³/mol. The average molecular weight is 434 g/mol. The lowest BCUT2D eigenvalue weighted by atomic mass is 10.0. The summed E-state index contributed by atoms with van der Waals surface area (Å²) in [6.45, 7) is 5.08. The molecule has 0 atom stereocenters. The molecule has 3 rings (SSSR count). The molecule has 3 amide bonds. The SMILES string of the molecule is CC(C)C(=O)N1CCC(NC(=O)c2ccc(Cl)c(NC(=O)c3cccs3)c2)CC1. The number of hydrogen-bond donors (Lipinski definition) is 2. The van der Waals surface area contributed by atoms with Crippen molar-refractivity contribution in [3.8, 4) is 0 Å². The lowest BCUT2D eigenvalue weighted by Gasteiger charge is -2.33. The zero-order chi connectivity index (χ0) is 21.0. The van der Waals surface area contributed by atoms with Crippen molar-refractivity contribution in [1.82, 2.24) is 10.2 Å². The maximum Gasteiger partial charge on any atom is 0.265 e. The number of likely N-dealkylation sites (tertiary alicyclic amines) is 1. The number of nitrogens with one attached hydrogen (secondary N) is 2. The summed E-state index contributed by atoms with van der Waals surface area (Å²) in [6.07, 6.45) is 1.44. The van der Waals surface area contributed by atoms with Gasteiger partial charge < -0.3 is 15.5 Å². The van der Waals surface area contributed by atoms with Gasteiger partial charge in [0.25, 0.3) is 11.8 Å². The van der Waals surface area contributed by atoms with Gasteiger partial charge in [0.2, 0.25) is 5.91 Å². The summed E-state index contributed by atoms with van der Waals surface area (Å²) in [5, 5.41) is 7.96. The molecule has 1 fully saturated rings. The highest BCUT2D eigenvalue weighted by Gasteiger charge is 2.25. The van der Waals surface area contributed by atoms with E-state index in [-0.39, 0.29) is 29.7 Å². The molecule has 1 saturated heterocycles. The highest BCUT2D eigenvalue weighted by Crippen LogP contribution is 2.25. The lowest BCUT2D eigenvalue weighted by Crippen LogP contribution is -2.47. The largest absolute Gasteiger partial charge is 0.349 e. The summed E-state index contributed by atoms with van der Waals surface area (Å²) in [5.74, 6) is -0.347. The second-order valence-electron chi connectivity index (χ2n) is 7.35. The Balaban J connectivity index is 1.60. The first-order chi connectivity index (χ1) is 13.8. The van der Waals surface area contributed by atoms with Crippen LogP contribution in [0.15, 0.2) is 35.7 Å². The maximum atomic E-state index is 12.7. The quantitative estimate of drug-likeness (QED) is 0.747. The van der Waals surface area contributed by atoms with Crippen molar-refractivity contribution in [3.63, 3.8) is 0 Å². The summed E-state index contributed by atoms with van der Waals surface area (Å²) in [6, 6.07) is 8.35. The molecule has 0 saturated carbocycles. The molecule has 8 heteroatoms. The van der Waals surface area contributed by atoms with Gasteiger partial charge in [0.15, 0.2) is 0 Å². The number of anilines is 1. The molecule has 2 aromatic rings. The van der Waals surface area contributed by atoms with E-state index >= 15 is 0 Å². The number of piperidine rings is 1. The first kappa shape index (κ1) is 21.3. The molecular weight excluding hydrogens is 410 g/mol. The zero-order valence-electron chi connectivity index (χ0n) is 16.4. The highest BCUT2D eigenvalue weighted by molar-refractivity contribution is 7.12. The summed E-state index contributed by atoms with van der Waals surface area (Å²) in [7, 11) is 0. The Morgan fingerprint density at radius 1 is 1.14 bits per heavy atom. The third-order valence-corrected chi connectivity index (χ3v) is 6.06. The molecule has 154 valence electrons. The molecule has 1 aromatic carbocycles. The number of thiophene rings is 1. The molecule has 0 bridgehead atoms. The molecular formula is C21H24ClN3O3S. The van der Waals surface area contributed by atoms with Crippen LogP contribution in [0.1, 0.15) is 46.7 Å². The number of carbonyl (C=O) groups is 3. The van der Waals surface area contributed by atoms with Crippen LogP contribution < -0.4 is 10.6 Å². The molecule has 29 heavy (non-hydrogen) atoms. The Bertz CT molecular complexity index is 891. The van der Waals surface area contributed by atoms with Crippen LogP contribution in [0, 0.1) is 5.92 Å². The van der Waals surface area contributed by atoms with Gasteiger partial charge >= 0.3 is 0 Å². The fraction of sp³-hybridized carbons (Fsp3) is 0.381. The van der Waals surface area contributed by atoms with Crippen LogP contribution in [-0.2, 0) is 4.79 Å². The van der Waals surface area contributed by atoms with Crippen molar-refractivity contribution >= 4 is 46.3 Å². The van der Waals surface area contributed by atoms with Gasteiger partial charge in [-0.3, -0.25) is 14.4 Å². The number of amides is 3. The van der Waals surface area contributed by atoms with Gasteiger partial charge in [-0.2, -0.15) is 0 Å². The van der Waals surface area contributed by atoms with Crippen LogP contribution in [0.25, 0.3) is 0 Å². The van der Waals surface area contributed by atoms with E-state index in [0.29, 0.717) is 34.2 Å². The van der Waals surface area contributed by atoms with E-state index in [9.17, 15) is 14.4 Å². The number of benzene rings is 1. The first-order valence-electron chi connectivity index (χ1n) is 9.59. The van der Waals surface area contributed by atoms with Crippen LogP contribution >= 0.6 is 22.9 Å². The van der Waals surface area contributed by atoms with Crippen LogP contribution in [0.5, 0.6) is 0 Å². The van der Waals surface area contributed by atoms with Crippen LogP contribution in [0.2, 0.25) is 5.02 Å². The van der Waals surface area contributed by atoms with E-state index in [1.807, 2.05) is 24.1 Å². The smallest absolute Gasteiger partial charge is 0.265 e. The molecule has 0 aliphatic carbocycles. The molecule has 2 N–H and O–H groups in total. The van der Waals surface area contributed by atoms with Crippen LogP contribution in [0.4, 0.5) is 5.69 Å². The second kappa shape index (κ2) is 9.41. The Hall–Kier alpha value is -2.38. The third-order valence-electron chi connectivity index (χ3n) is 4.86. The van der Waals surface area contributed by atoms with E-state index in [1.165, 1.54) is 11.3 Å². The van der Waals surface area contributed by atoms with E-state index in [0.717, 1.165) is 12.8 Å². The fourth-order valence-electron chi connectivity index (χ4n) is 3.23. The average Bonchev–Trinajstić information content (AvgIpc) is 3.24. The minimum Gasteiger partial charge on any atom is -0.349 e. The predicted octanol–water partition coefficient (Wildman–Crippen LogP) is 4.03. The Labute approximate surface area is 179 Å². The minimum atomic E-state index is -0.262. The number of hydrogen-bond acceptors (Lipinski definition) is 4. The van der Waals surface area contributed by atoms with E-state index in [4.69, 9.17) is 11.6 Å². The van der Waals surface area contributed by atoms with Crippen molar-refractivity contribution in [3.05, 3.63) is 51.2 Å². The van der Waals surface area contributed by atoms with Crippen molar-refractivity contribution in [2.45, 2.75) is 32.7 Å². The Morgan fingerprint density at radius 2 is 1.86 bits per heavy atom. The number of halogens is 1. The van der Waals surface area contributed by atoms with E-state index in [2.05, 4.69) is 10.6 Å². The van der Waals surface area contributed by atoms with Gasteiger partial charge in [0.05, 0.1) is 15.6 Å². The number of nitrogens with zero attached hydrogens (tertiary/aromatic N) is 1. The molecule has 1 aliphatic rings. The summed E-state index contributed by atoms with van der Waals surface area (Å²) in [5.41, 5.74) is 0.826. The highest BCUT2D eigenvalue weighted by atomic mass is 35.5. The van der Waals surface area contributed by atoms with Crippen molar-refractivity contribution in [1.29, 1.82) is 0 Å². The summed E-state index contributed by atoms with van der Waals surface area (Å²) in [4.78, 5) is 39.4. The molecule has 0 unspecified atom stereocenters. The van der Waals surface area contributed by atoms with Crippen molar-refractivity contribution in [2.24, 2.45) is 5.92 Å². The molecule has 1 aliphatic heterocycles. The van der Waals surface area contributed by atoms with Gasteiger partial charge in [0, 0.05) is 30.6 Å². The van der Waals surface area contributed by atoms with Gasteiger partial charge in [0.1, 0.15) is 0 Å². The van der Waals surface area contributed by atoms with Crippen molar-refractivity contribution < 1.29 is 14.4 Å². The third kappa shape index (κ3) is 5.36. The van der Waals surface area contributed by atoms with Gasteiger partial charge in [-0.05, 0) is 42.5 Å². The second-order valence-corrected chi connectivity index (χ2v) is 8.71. The standard InChI is InChI=1S/C21H24ClN3O3S/c1-13(2)21(28)25-9-7-15(8-10-25)23-19(26)14-5-6-16(22)17(12-14)24-20(27)18-4-3-11-29-18/h3-6,11-13,15H,7-10H2,1-2H3,(H,23,26)(H,24,27). The molecule has 1 aromatic heterocycles. The summed E-state index contributed by atoms with van der Waals surface area (Å²) >= 11 is 7.52. The monoisotopic (exact) mass is 433 g/mol. The molecule has 0 spiro atoms. The van der Waals surface area contributed by atoms with Crippen LogP contribution in [0.3, 0.4) is 0 Å². The Kier molecular flexibility index (Phi) is 6.92. The summed E-state index contributed by atoms with van der Waals surface area (Å²) < 4.78 is 0. The normalized spacial score (nSPS) is 14.7. The maximum absolute atomic E-state index is 12.7. The van der Waals surface area contributed by atoms with Crippen molar-refractivity contribution in [2.75, 3.05) is 18.4 Å². The van der Waals surface area contributed by atoms with E-state index < -0.39 is 0 Å². The number of carbonyl (C=O) groups excluding carboxylic acids is 3. The molecule has 6 nitrogen and oxygen atoms in total. The number of rotatable bonds is 5. The molecule has 2 heterocycles. The fourth-order valence-corrected chi connectivity index (χ4v) is 4.02. The topological polar surface area (TPSA) is 78.5 Å². The van der Waals surface area contributed by atoms with E-state index in [1.54, 1.807) is 30.3 Å². The van der Waals surface area contributed by atoms with Gasteiger partial charge in [-0.25, -0.2) is 0 Å². The lowest BCUT2D eigenvalue weighted by molar-refractivity contribution is -0.135.